The number of pyridine rings is 1. The highest BCUT2D eigenvalue weighted by molar-refractivity contribution is 5.32. The lowest BCUT2D eigenvalue weighted by atomic mass is 10.2. The van der Waals surface area contributed by atoms with Crippen LogP contribution in [0.2, 0.25) is 0 Å². The molecule has 17 heavy (non-hydrogen) atoms. The van der Waals surface area contributed by atoms with Crippen molar-refractivity contribution in [1.82, 2.24) is 4.98 Å². The maximum absolute atomic E-state index is 13.2. The predicted octanol–water partition coefficient (Wildman–Crippen LogP) is 2.52. The predicted molar refractivity (Wildman–Crippen MR) is 59.3 cm³/mol. The second kappa shape index (κ2) is 4.78. The highest BCUT2D eigenvalue weighted by Crippen LogP contribution is 2.20. The van der Waals surface area contributed by atoms with E-state index in [0.29, 0.717) is 5.82 Å². The Labute approximate surface area is 96.9 Å². The zero-order chi connectivity index (χ0) is 12.3. The molecule has 1 aromatic carbocycles. The van der Waals surface area contributed by atoms with Gasteiger partial charge in [-0.2, -0.15) is 4.39 Å². The first-order valence-electron chi connectivity index (χ1n) is 4.94. The lowest BCUT2D eigenvalue weighted by Gasteiger charge is -2.07. The average molecular weight is 236 g/mol. The first-order chi connectivity index (χ1) is 8.16. The Kier molecular flexibility index (Phi) is 3.18. The molecule has 2 N–H and O–H groups in total. The van der Waals surface area contributed by atoms with Gasteiger partial charge in [-0.3, -0.25) is 0 Å². The van der Waals surface area contributed by atoms with Gasteiger partial charge in [0.05, 0.1) is 0 Å². The van der Waals surface area contributed by atoms with E-state index < -0.39 is 11.6 Å². The second-order valence-corrected chi connectivity index (χ2v) is 3.43. The number of aromatic nitrogens is 1. The Morgan fingerprint density at radius 3 is 2.82 bits per heavy atom. The third-order valence-corrected chi connectivity index (χ3v) is 2.16. The second-order valence-electron chi connectivity index (χ2n) is 3.43. The summed E-state index contributed by atoms with van der Waals surface area (Å²) in [6.45, 7) is 0.104. The number of ether oxygens (including phenoxy) is 1. The van der Waals surface area contributed by atoms with Gasteiger partial charge in [0.25, 0.3) is 0 Å². The summed E-state index contributed by atoms with van der Waals surface area (Å²) in [5.41, 5.74) is 6.22. The summed E-state index contributed by atoms with van der Waals surface area (Å²) in [5.74, 6) is -1.70. The molecule has 1 aromatic heterocycles. The molecule has 0 fully saturated rings. The van der Waals surface area contributed by atoms with Crippen LogP contribution in [0, 0.1) is 11.6 Å². The molecule has 2 rings (SSSR count). The van der Waals surface area contributed by atoms with E-state index in [1.165, 1.54) is 18.3 Å². The zero-order valence-electron chi connectivity index (χ0n) is 8.86. The van der Waals surface area contributed by atoms with Crippen LogP contribution in [-0.2, 0) is 6.61 Å². The van der Waals surface area contributed by atoms with Gasteiger partial charge in [-0.25, -0.2) is 9.37 Å². The molecule has 88 valence electrons. The van der Waals surface area contributed by atoms with Crippen molar-refractivity contribution < 1.29 is 13.5 Å². The highest BCUT2D eigenvalue weighted by Gasteiger charge is 2.08. The Balaban J connectivity index is 2.10. The van der Waals surface area contributed by atoms with Gasteiger partial charge < -0.3 is 10.5 Å². The van der Waals surface area contributed by atoms with Crippen molar-refractivity contribution >= 4 is 5.82 Å². The maximum atomic E-state index is 13.2. The van der Waals surface area contributed by atoms with E-state index in [-0.39, 0.29) is 12.4 Å². The quantitative estimate of drug-likeness (QED) is 0.890. The van der Waals surface area contributed by atoms with Crippen molar-refractivity contribution in [3.05, 3.63) is 53.7 Å². The third-order valence-electron chi connectivity index (χ3n) is 2.16. The van der Waals surface area contributed by atoms with Gasteiger partial charge in [-0.1, -0.05) is 6.07 Å². The number of halogens is 2. The molecule has 0 spiro atoms. The molecular formula is C12H10F2N2O. The van der Waals surface area contributed by atoms with E-state index in [0.717, 1.165) is 11.6 Å². The summed E-state index contributed by atoms with van der Waals surface area (Å²) in [7, 11) is 0. The zero-order valence-corrected chi connectivity index (χ0v) is 8.86. The number of benzene rings is 1. The molecule has 0 bridgehead atoms. The SMILES string of the molecule is Nc1cc(COc2cccc(F)c2F)ccn1. The van der Waals surface area contributed by atoms with Crippen LogP contribution in [0.5, 0.6) is 5.75 Å². The monoisotopic (exact) mass is 236 g/mol. The fraction of sp³-hybridized carbons (Fsp3) is 0.0833. The van der Waals surface area contributed by atoms with Crippen molar-refractivity contribution in [2.45, 2.75) is 6.61 Å². The van der Waals surface area contributed by atoms with Crippen LogP contribution < -0.4 is 10.5 Å². The lowest BCUT2D eigenvalue weighted by Crippen LogP contribution is -2.00. The summed E-state index contributed by atoms with van der Waals surface area (Å²) >= 11 is 0. The maximum Gasteiger partial charge on any atom is 0.200 e. The smallest absolute Gasteiger partial charge is 0.200 e. The van der Waals surface area contributed by atoms with E-state index in [9.17, 15) is 8.78 Å². The van der Waals surface area contributed by atoms with Gasteiger partial charge in [-0.05, 0) is 29.8 Å². The molecule has 1 heterocycles. The Morgan fingerprint density at radius 1 is 1.24 bits per heavy atom. The summed E-state index contributed by atoms with van der Waals surface area (Å²) in [5, 5.41) is 0. The van der Waals surface area contributed by atoms with Gasteiger partial charge >= 0.3 is 0 Å². The fourth-order valence-electron chi connectivity index (χ4n) is 1.34. The first-order valence-corrected chi connectivity index (χ1v) is 4.94. The normalized spacial score (nSPS) is 10.2. The molecule has 0 unspecified atom stereocenters. The standard InChI is InChI=1S/C12H10F2N2O/c13-9-2-1-3-10(12(9)14)17-7-8-4-5-16-11(15)6-8/h1-6H,7H2,(H2,15,16). The van der Waals surface area contributed by atoms with Crippen LogP contribution in [0.1, 0.15) is 5.56 Å². The molecule has 2 aromatic rings. The van der Waals surface area contributed by atoms with Gasteiger partial charge in [-0.15, -0.1) is 0 Å². The van der Waals surface area contributed by atoms with Crippen LogP contribution in [-0.4, -0.2) is 4.98 Å². The van der Waals surface area contributed by atoms with E-state index in [2.05, 4.69) is 4.98 Å². The van der Waals surface area contributed by atoms with Crippen LogP contribution in [0.25, 0.3) is 0 Å². The molecule has 0 amide bonds. The molecule has 0 atom stereocenters. The molecule has 0 aliphatic carbocycles. The van der Waals surface area contributed by atoms with Crippen molar-refractivity contribution in [2.24, 2.45) is 0 Å². The minimum absolute atomic E-state index is 0.104. The molecule has 0 aliphatic heterocycles. The molecule has 0 saturated heterocycles. The molecular weight excluding hydrogens is 226 g/mol. The highest BCUT2D eigenvalue weighted by atomic mass is 19.2. The summed E-state index contributed by atoms with van der Waals surface area (Å²) in [6.07, 6.45) is 1.52. The molecule has 0 radical (unpaired) electrons. The number of nitrogens with two attached hydrogens (primary N) is 1. The average Bonchev–Trinajstić information content (AvgIpc) is 2.31. The van der Waals surface area contributed by atoms with E-state index in [4.69, 9.17) is 10.5 Å². The third kappa shape index (κ3) is 2.69. The molecule has 5 heteroatoms. The number of anilines is 1. The number of hydrogen-bond acceptors (Lipinski definition) is 3. The van der Waals surface area contributed by atoms with Crippen LogP contribution in [0.4, 0.5) is 14.6 Å². The van der Waals surface area contributed by atoms with Crippen LogP contribution >= 0.6 is 0 Å². The van der Waals surface area contributed by atoms with Crippen molar-refractivity contribution in [2.75, 3.05) is 5.73 Å². The van der Waals surface area contributed by atoms with Gasteiger partial charge in [0.2, 0.25) is 5.82 Å². The van der Waals surface area contributed by atoms with E-state index >= 15 is 0 Å². The van der Waals surface area contributed by atoms with E-state index in [1.807, 2.05) is 0 Å². The summed E-state index contributed by atoms with van der Waals surface area (Å²) in [6, 6.07) is 7.08. The van der Waals surface area contributed by atoms with Crippen LogP contribution in [0.15, 0.2) is 36.5 Å². The Hall–Kier alpha value is -2.17. The summed E-state index contributed by atoms with van der Waals surface area (Å²) < 4.78 is 31.3. The first kappa shape index (κ1) is 11.3. The fourth-order valence-corrected chi connectivity index (χ4v) is 1.34. The minimum atomic E-state index is -0.991. The van der Waals surface area contributed by atoms with Crippen molar-refractivity contribution in [3.8, 4) is 5.75 Å². The minimum Gasteiger partial charge on any atom is -0.486 e. The Bertz CT molecular complexity index is 532. The number of nitrogen functional groups attached to an aromatic ring is 1. The number of hydrogen-bond donors (Lipinski definition) is 1. The van der Waals surface area contributed by atoms with Gasteiger partial charge in [0, 0.05) is 6.20 Å². The van der Waals surface area contributed by atoms with Gasteiger partial charge in [0.15, 0.2) is 11.6 Å². The number of nitrogens with zero attached hydrogens (tertiary/aromatic N) is 1. The van der Waals surface area contributed by atoms with E-state index in [1.54, 1.807) is 12.1 Å². The Morgan fingerprint density at radius 2 is 2.06 bits per heavy atom. The van der Waals surface area contributed by atoms with Crippen molar-refractivity contribution in [3.63, 3.8) is 0 Å². The molecule has 0 aliphatic rings. The van der Waals surface area contributed by atoms with Gasteiger partial charge in [0.1, 0.15) is 12.4 Å². The topological polar surface area (TPSA) is 48.1 Å². The van der Waals surface area contributed by atoms with Crippen molar-refractivity contribution in [1.29, 1.82) is 0 Å². The molecule has 3 nitrogen and oxygen atoms in total. The molecule has 0 saturated carbocycles. The largest absolute Gasteiger partial charge is 0.486 e. The van der Waals surface area contributed by atoms with Crippen LogP contribution in [0.3, 0.4) is 0 Å². The lowest BCUT2D eigenvalue weighted by molar-refractivity contribution is 0.284. The number of rotatable bonds is 3. The summed E-state index contributed by atoms with van der Waals surface area (Å²) in [4.78, 5) is 3.81.